The van der Waals surface area contributed by atoms with Gasteiger partial charge in [-0.05, 0) is 47.5 Å². The maximum Gasteiger partial charge on any atom is 0.326 e. The van der Waals surface area contributed by atoms with Crippen molar-refractivity contribution >= 4 is 17.6 Å². The number of aromatic nitrogens is 2. The minimum absolute atomic E-state index is 0.200. The summed E-state index contributed by atoms with van der Waals surface area (Å²) in [5, 5.41) is 8.21. The Bertz CT molecular complexity index is 473. The first-order valence-electron chi connectivity index (χ1n) is 7.43. The first kappa shape index (κ1) is 18.0. The summed E-state index contributed by atoms with van der Waals surface area (Å²) in [4.78, 5) is 12.2. The lowest BCUT2D eigenvalue weighted by Crippen LogP contribution is -2.53. The number of aryl methyl sites for hydroxylation is 1. The third-order valence-corrected chi connectivity index (χ3v) is 3.79. The molecule has 0 aliphatic heterocycles. The number of ether oxygens (including phenoxy) is 1. The molecule has 1 unspecified atom stereocenters. The molecule has 0 saturated carbocycles. The Kier molecular flexibility index (Phi) is 6.68. The fourth-order valence-electron chi connectivity index (χ4n) is 2.39. The average Bonchev–Trinajstić information content (AvgIpc) is 2.70. The van der Waals surface area contributed by atoms with Gasteiger partial charge in [-0.1, -0.05) is 11.6 Å². The molecule has 1 atom stereocenters. The Hall–Kier alpha value is -1.07. The topological polar surface area (TPSA) is 56.2 Å². The normalized spacial score (nSPS) is 14.2. The van der Waals surface area contributed by atoms with Crippen LogP contribution in [0, 0.1) is 6.92 Å². The van der Waals surface area contributed by atoms with E-state index in [0.29, 0.717) is 18.1 Å². The lowest BCUT2D eigenvalue weighted by molar-refractivity contribution is -0.151. The zero-order valence-electron chi connectivity index (χ0n) is 13.6. The van der Waals surface area contributed by atoms with E-state index in [1.54, 1.807) is 6.20 Å². The third-order valence-electron chi connectivity index (χ3n) is 3.42. The Morgan fingerprint density at radius 1 is 1.57 bits per heavy atom. The molecule has 1 aromatic heterocycles. The Morgan fingerprint density at radius 2 is 2.24 bits per heavy atom. The molecule has 0 amide bonds. The number of nitrogens with zero attached hydrogens (tertiary/aromatic N) is 2. The van der Waals surface area contributed by atoms with Crippen LogP contribution in [0.5, 0.6) is 0 Å². The standard InChI is InChI=1S/C15H26ClN3O2/c1-6-21-14(20)15(5,18-11(2)3)8-7-9-19-12(4)13(16)10-17-19/h10-11,18H,6-9H2,1-5H3. The summed E-state index contributed by atoms with van der Waals surface area (Å²) in [6.07, 6.45) is 3.14. The van der Waals surface area contributed by atoms with Gasteiger partial charge < -0.3 is 4.74 Å². The number of rotatable bonds is 8. The molecule has 5 nitrogen and oxygen atoms in total. The molecule has 1 heterocycles. The molecule has 0 spiro atoms. The number of carbonyl (C=O) groups is 1. The van der Waals surface area contributed by atoms with Crippen LogP contribution >= 0.6 is 11.6 Å². The molecule has 21 heavy (non-hydrogen) atoms. The van der Waals surface area contributed by atoms with E-state index in [1.165, 1.54) is 0 Å². The van der Waals surface area contributed by atoms with Gasteiger partial charge in [0.15, 0.2) is 0 Å². The predicted molar refractivity (Wildman–Crippen MR) is 84.5 cm³/mol. The van der Waals surface area contributed by atoms with E-state index in [-0.39, 0.29) is 12.0 Å². The van der Waals surface area contributed by atoms with Gasteiger partial charge in [-0.2, -0.15) is 5.10 Å². The molecule has 120 valence electrons. The predicted octanol–water partition coefficient (Wildman–Crippen LogP) is 2.94. The van der Waals surface area contributed by atoms with E-state index < -0.39 is 5.54 Å². The van der Waals surface area contributed by atoms with Crippen molar-refractivity contribution in [1.82, 2.24) is 15.1 Å². The van der Waals surface area contributed by atoms with Gasteiger partial charge in [0.25, 0.3) is 0 Å². The monoisotopic (exact) mass is 315 g/mol. The highest BCUT2D eigenvalue weighted by molar-refractivity contribution is 6.31. The molecule has 1 rings (SSSR count). The highest BCUT2D eigenvalue weighted by Crippen LogP contribution is 2.18. The van der Waals surface area contributed by atoms with Gasteiger partial charge in [0, 0.05) is 12.6 Å². The minimum atomic E-state index is -0.672. The minimum Gasteiger partial charge on any atom is -0.465 e. The molecule has 0 saturated heterocycles. The van der Waals surface area contributed by atoms with Crippen LogP contribution in [0.2, 0.25) is 5.02 Å². The molecule has 0 radical (unpaired) electrons. The number of hydrogen-bond donors (Lipinski definition) is 1. The molecule has 0 aromatic carbocycles. The molecule has 0 fully saturated rings. The van der Waals surface area contributed by atoms with Gasteiger partial charge in [0.2, 0.25) is 0 Å². The highest BCUT2D eigenvalue weighted by Gasteiger charge is 2.34. The summed E-state index contributed by atoms with van der Waals surface area (Å²) >= 11 is 5.99. The summed E-state index contributed by atoms with van der Waals surface area (Å²) in [6.45, 7) is 10.8. The fraction of sp³-hybridized carbons (Fsp3) is 0.733. The molecular weight excluding hydrogens is 290 g/mol. The molecule has 0 aliphatic rings. The van der Waals surface area contributed by atoms with Crippen LogP contribution in [0.1, 0.15) is 46.2 Å². The maximum atomic E-state index is 12.2. The summed E-state index contributed by atoms with van der Waals surface area (Å²) < 4.78 is 7.06. The van der Waals surface area contributed by atoms with E-state index in [4.69, 9.17) is 16.3 Å². The van der Waals surface area contributed by atoms with Gasteiger partial charge in [0.05, 0.1) is 23.5 Å². The summed E-state index contributed by atoms with van der Waals surface area (Å²) in [5.41, 5.74) is 0.279. The van der Waals surface area contributed by atoms with Crippen molar-refractivity contribution < 1.29 is 9.53 Å². The molecule has 1 N–H and O–H groups in total. The molecule has 1 aromatic rings. The summed E-state index contributed by atoms with van der Waals surface area (Å²) in [7, 11) is 0. The van der Waals surface area contributed by atoms with Gasteiger partial charge in [-0.15, -0.1) is 0 Å². The smallest absolute Gasteiger partial charge is 0.326 e. The third kappa shape index (κ3) is 5.00. The van der Waals surface area contributed by atoms with Crippen molar-refractivity contribution in [3.8, 4) is 0 Å². The number of halogens is 1. The highest BCUT2D eigenvalue weighted by atomic mass is 35.5. The lowest BCUT2D eigenvalue weighted by Gasteiger charge is -2.30. The number of nitrogens with one attached hydrogen (secondary N) is 1. The van der Waals surface area contributed by atoms with Gasteiger partial charge in [0.1, 0.15) is 5.54 Å². The molecule has 6 heteroatoms. The second-order valence-corrected chi connectivity index (χ2v) is 6.16. The van der Waals surface area contributed by atoms with Crippen molar-refractivity contribution in [2.45, 2.75) is 65.6 Å². The van der Waals surface area contributed by atoms with E-state index in [2.05, 4.69) is 10.4 Å². The van der Waals surface area contributed by atoms with Crippen molar-refractivity contribution in [3.05, 3.63) is 16.9 Å². The Balaban J connectivity index is 2.65. The first-order valence-corrected chi connectivity index (χ1v) is 7.80. The van der Waals surface area contributed by atoms with E-state index in [9.17, 15) is 4.79 Å². The zero-order chi connectivity index (χ0) is 16.0. The van der Waals surface area contributed by atoms with E-state index in [0.717, 1.165) is 18.7 Å². The molecule has 0 aliphatic carbocycles. The van der Waals surface area contributed by atoms with Gasteiger partial charge in [-0.25, -0.2) is 0 Å². The van der Waals surface area contributed by atoms with Gasteiger partial charge in [-0.3, -0.25) is 14.8 Å². The summed E-state index contributed by atoms with van der Waals surface area (Å²) in [6, 6.07) is 0.209. The Morgan fingerprint density at radius 3 is 2.71 bits per heavy atom. The van der Waals surface area contributed by atoms with Crippen LogP contribution in [0.3, 0.4) is 0 Å². The average molecular weight is 316 g/mol. The van der Waals surface area contributed by atoms with Crippen molar-refractivity contribution in [2.75, 3.05) is 6.61 Å². The van der Waals surface area contributed by atoms with Crippen molar-refractivity contribution in [2.24, 2.45) is 0 Å². The second kappa shape index (κ2) is 7.80. The van der Waals surface area contributed by atoms with Gasteiger partial charge >= 0.3 is 5.97 Å². The zero-order valence-corrected chi connectivity index (χ0v) is 14.3. The SMILES string of the molecule is CCOC(=O)C(C)(CCCn1ncc(Cl)c1C)NC(C)C. The van der Waals surface area contributed by atoms with Crippen molar-refractivity contribution in [1.29, 1.82) is 0 Å². The maximum absolute atomic E-state index is 12.2. The van der Waals surface area contributed by atoms with Crippen molar-refractivity contribution in [3.63, 3.8) is 0 Å². The van der Waals surface area contributed by atoms with Crippen LogP contribution in [0.15, 0.2) is 6.20 Å². The van der Waals surface area contributed by atoms with Crippen LogP contribution in [-0.4, -0.2) is 33.9 Å². The van der Waals surface area contributed by atoms with E-state index >= 15 is 0 Å². The largest absolute Gasteiger partial charge is 0.465 e. The molecular formula is C15H26ClN3O2. The van der Waals surface area contributed by atoms with Crippen LogP contribution < -0.4 is 5.32 Å². The molecule has 0 bridgehead atoms. The quantitative estimate of drug-likeness (QED) is 0.749. The number of esters is 1. The lowest BCUT2D eigenvalue weighted by atomic mass is 9.94. The first-order chi connectivity index (χ1) is 9.80. The van der Waals surface area contributed by atoms with Crippen LogP contribution in [0.25, 0.3) is 0 Å². The van der Waals surface area contributed by atoms with Crippen LogP contribution in [0.4, 0.5) is 0 Å². The van der Waals surface area contributed by atoms with E-state index in [1.807, 2.05) is 39.3 Å². The summed E-state index contributed by atoms with van der Waals surface area (Å²) in [5.74, 6) is -0.200. The number of hydrogen-bond acceptors (Lipinski definition) is 4. The van der Waals surface area contributed by atoms with Crippen LogP contribution in [-0.2, 0) is 16.1 Å². The Labute approximate surface area is 132 Å². The fourth-order valence-corrected chi connectivity index (χ4v) is 2.53. The number of carbonyl (C=O) groups excluding carboxylic acids is 1. The second-order valence-electron chi connectivity index (χ2n) is 5.76.